The maximum absolute atomic E-state index is 10.3. The first-order valence-electron chi connectivity index (χ1n) is 2.82. The molecule has 6 heteroatoms. The molecule has 0 saturated heterocycles. The van der Waals surface area contributed by atoms with Crippen molar-refractivity contribution in [1.29, 1.82) is 0 Å². The lowest BCUT2D eigenvalue weighted by Gasteiger charge is -1.98. The van der Waals surface area contributed by atoms with Crippen molar-refractivity contribution in [2.45, 2.75) is 0 Å². The second-order valence-corrected chi connectivity index (χ2v) is 1.82. The van der Waals surface area contributed by atoms with Crippen molar-refractivity contribution >= 4 is 17.7 Å². The number of primary amides is 1. The highest BCUT2D eigenvalue weighted by Crippen LogP contribution is 2.01. The SMILES string of the molecule is NC(=O)Nc1cnc(N)nc1. The van der Waals surface area contributed by atoms with Gasteiger partial charge in [-0.2, -0.15) is 0 Å². The summed E-state index contributed by atoms with van der Waals surface area (Å²) in [6, 6.07) is -0.654. The minimum Gasteiger partial charge on any atom is -0.368 e. The average Bonchev–Trinajstić information content (AvgIpc) is 1.93. The number of rotatable bonds is 1. The number of anilines is 2. The van der Waals surface area contributed by atoms with E-state index in [9.17, 15) is 4.79 Å². The Bertz CT molecular complexity index is 256. The van der Waals surface area contributed by atoms with Crippen LogP contribution in [0.5, 0.6) is 0 Å². The number of urea groups is 1. The van der Waals surface area contributed by atoms with E-state index >= 15 is 0 Å². The van der Waals surface area contributed by atoms with Gasteiger partial charge in [-0.15, -0.1) is 0 Å². The normalized spacial score (nSPS) is 9.09. The van der Waals surface area contributed by atoms with E-state index in [0.717, 1.165) is 0 Å². The summed E-state index contributed by atoms with van der Waals surface area (Å²) in [6.45, 7) is 0. The Morgan fingerprint density at radius 3 is 2.45 bits per heavy atom. The molecular formula is C5H7N5O. The number of aromatic nitrogens is 2. The molecule has 1 rings (SSSR count). The first-order chi connectivity index (χ1) is 5.18. The van der Waals surface area contributed by atoms with Crippen molar-refractivity contribution < 1.29 is 4.79 Å². The molecule has 0 aliphatic heterocycles. The van der Waals surface area contributed by atoms with Gasteiger partial charge in [-0.1, -0.05) is 0 Å². The Hall–Kier alpha value is -1.85. The molecule has 0 radical (unpaired) electrons. The molecule has 58 valence electrons. The fraction of sp³-hybridized carbons (Fsp3) is 0. The Kier molecular flexibility index (Phi) is 1.86. The van der Waals surface area contributed by atoms with Crippen LogP contribution in [0.15, 0.2) is 12.4 Å². The van der Waals surface area contributed by atoms with Gasteiger partial charge in [0, 0.05) is 0 Å². The summed E-state index contributed by atoms with van der Waals surface area (Å²) in [4.78, 5) is 17.5. The molecule has 0 unspecified atom stereocenters. The topological polar surface area (TPSA) is 107 Å². The van der Waals surface area contributed by atoms with Crippen LogP contribution < -0.4 is 16.8 Å². The molecule has 0 atom stereocenters. The van der Waals surface area contributed by atoms with Gasteiger partial charge in [0.15, 0.2) is 0 Å². The third-order valence-electron chi connectivity index (χ3n) is 0.939. The zero-order chi connectivity index (χ0) is 8.27. The average molecular weight is 153 g/mol. The van der Waals surface area contributed by atoms with Crippen LogP contribution in [0.25, 0.3) is 0 Å². The standard InChI is InChI=1S/C5H7N5O/c6-4-8-1-3(2-9-4)10-5(7)11/h1-2H,(H2,6,8,9)(H3,7,10,11). The lowest BCUT2D eigenvalue weighted by molar-refractivity contribution is 0.259. The molecule has 0 bridgehead atoms. The van der Waals surface area contributed by atoms with Crippen molar-refractivity contribution in [2.24, 2.45) is 5.73 Å². The second-order valence-electron chi connectivity index (χ2n) is 1.82. The third kappa shape index (κ3) is 2.09. The third-order valence-corrected chi connectivity index (χ3v) is 0.939. The highest BCUT2D eigenvalue weighted by molar-refractivity contribution is 5.87. The van der Waals surface area contributed by atoms with Crippen LogP contribution in [-0.4, -0.2) is 16.0 Å². The minimum atomic E-state index is -0.654. The number of nitrogens with zero attached hydrogens (tertiary/aromatic N) is 2. The lowest BCUT2D eigenvalue weighted by atomic mass is 10.5. The predicted octanol–water partition coefficient (Wildman–Crippen LogP) is -0.451. The first-order valence-corrected chi connectivity index (χ1v) is 2.82. The summed E-state index contributed by atoms with van der Waals surface area (Å²) in [5, 5.41) is 2.29. The van der Waals surface area contributed by atoms with E-state index in [1.807, 2.05) is 0 Å². The fourth-order valence-electron chi connectivity index (χ4n) is 0.545. The monoisotopic (exact) mass is 153 g/mol. The van der Waals surface area contributed by atoms with Crippen molar-refractivity contribution in [3.8, 4) is 0 Å². The zero-order valence-electron chi connectivity index (χ0n) is 5.61. The number of hydrogen-bond donors (Lipinski definition) is 3. The second kappa shape index (κ2) is 2.82. The van der Waals surface area contributed by atoms with E-state index in [4.69, 9.17) is 11.5 Å². The largest absolute Gasteiger partial charge is 0.368 e. The van der Waals surface area contributed by atoms with Crippen LogP contribution >= 0.6 is 0 Å². The van der Waals surface area contributed by atoms with Crippen LogP contribution in [0.3, 0.4) is 0 Å². The summed E-state index contributed by atoms with van der Waals surface area (Å²) < 4.78 is 0. The summed E-state index contributed by atoms with van der Waals surface area (Å²) in [6.07, 6.45) is 2.74. The molecule has 6 nitrogen and oxygen atoms in total. The molecule has 0 fully saturated rings. The maximum atomic E-state index is 10.3. The van der Waals surface area contributed by atoms with Gasteiger partial charge >= 0.3 is 6.03 Å². The zero-order valence-corrected chi connectivity index (χ0v) is 5.61. The number of nitrogens with two attached hydrogens (primary N) is 2. The van der Waals surface area contributed by atoms with Crippen molar-refractivity contribution in [3.63, 3.8) is 0 Å². The fourth-order valence-corrected chi connectivity index (χ4v) is 0.545. The molecule has 5 N–H and O–H groups in total. The number of amides is 2. The summed E-state index contributed by atoms with van der Waals surface area (Å²) in [5.74, 6) is 0.153. The van der Waals surface area contributed by atoms with E-state index < -0.39 is 6.03 Å². The number of carbonyl (C=O) groups excluding carboxylic acids is 1. The number of carbonyl (C=O) groups is 1. The van der Waals surface area contributed by atoms with Gasteiger partial charge in [0.05, 0.1) is 18.1 Å². The summed E-state index contributed by atoms with van der Waals surface area (Å²) in [7, 11) is 0. The number of nitrogen functional groups attached to an aromatic ring is 1. The molecule has 1 aromatic heterocycles. The molecule has 0 aromatic carbocycles. The highest BCUT2D eigenvalue weighted by Gasteiger charge is 1.95. The first kappa shape index (κ1) is 7.26. The Morgan fingerprint density at radius 2 is 2.00 bits per heavy atom. The Labute approximate surface area is 62.6 Å². The van der Waals surface area contributed by atoms with E-state index in [-0.39, 0.29) is 5.95 Å². The van der Waals surface area contributed by atoms with Crippen LogP contribution in [0.1, 0.15) is 0 Å². The lowest BCUT2D eigenvalue weighted by Crippen LogP contribution is -2.19. The molecular weight excluding hydrogens is 146 g/mol. The number of hydrogen-bond acceptors (Lipinski definition) is 4. The number of nitrogens with one attached hydrogen (secondary N) is 1. The maximum Gasteiger partial charge on any atom is 0.316 e. The van der Waals surface area contributed by atoms with Gasteiger partial charge in [-0.05, 0) is 0 Å². The van der Waals surface area contributed by atoms with E-state index in [0.29, 0.717) is 5.69 Å². The van der Waals surface area contributed by atoms with E-state index in [2.05, 4.69) is 15.3 Å². The minimum absolute atomic E-state index is 0.153. The summed E-state index contributed by atoms with van der Waals surface area (Å²) in [5.41, 5.74) is 10.4. The van der Waals surface area contributed by atoms with Crippen molar-refractivity contribution in [1.82, 2.24) is 9.97 Å². The van der Waals surface area contributed by atoms with Crippen molar-refractivity contribution in [2.75, 3.05) is 11.1 Å². The Balaban J connectivity index is 2.74. The highest BCUT2D eigenvalue weighted by atomic mass is 16.2. The molecule has 1 aromatic rings. The van der Waals surface area contributed by atoms with E-state index in [1.165, 1.54) is 12.4 Å². The summed E-state index contributed by atoms with van der Waals surface area (Å²) >= 11 is 0. The van der Waals surface area contributed by atoms with Gasteiger partial charge in [-0.25, -0.2) is 14.8 Å². The van der Waals surface area contributed by atoms with Gasteiger partial charge < -0.3 is 16.8 Å². The Morgan fingerprint density at radius 1 is 1.45 bits per heavy atom. The molecule has 1 heterocycles. The van der Waals surface area contributed by atoms with E-state index in [1.54, 1.807) is 0 Å². The molecule has 11 heavy (non-hydrogen) atoms. The van der Waals surface area contributed by atoms with Crippen LogP contribution in [0, 0.1) is 0 Å². The smallest absolute Gasteiger partial charge is 0.316 e. The van der Waals surface area contributed by atoms with Gasteiger partial charge in [0.25, 0.3) is 0 Å². The molecule has 0 saturated carbocycles. The van der Waals surface area contributed by atoms with Crippen LogP contribution in [0.2, 0.25) is 0 Å². The molecule has 0 aliphatic carbocycles. The predicted molar refractivity (Wildman–Crippen MR) is 39.7 cm³/mol. The molecule has 0 spiro atoms. The molecule has 0 aliphatic rings. The quantitative estimate of drug-likeness (QED) is 0.507. The molecule has 2 amide bonds. The van der Waals surface area contributed by atoms with Crippen LogP contribution in [-0.2, 0) is 0 Å². The van der Waals surface area contributed by atoms with Gasteiger partial charge in [0.1, 0.15) is 0 Å². The van der Waals surface area contributed by atoms with Crippen molar-refractivity contribution in [3.05, 3.63) is 12.4 Å². The van der Waals surface area contributed by atoms with Crippen LogP contribution in [0.4, 0.5) is 16.4 Å². The van der Waals surface area contributed by atoms with Gasteiger partial charge in [-0.3, -0.25) is 0 Å². The van der Waals surface area contributed by atoms with Gasteiger partial charge in [0.2, 0.25) is 5.95 Å².